The Kier molecular flexibility index (Phi) is 4.73. The van der Waals surface area contributed by atoms with Crippen LogP contribution in [0.4, 0.5) is 4.79 Å². The maximum atomic E-state index is 11.7. The normalized spacial score (nSPS) is 19.6. The molecule has 2 amide bonds. The van der Waals surface area contributed by atoms with Crippen molar-refractivity contribution in [1.82, 2.24) is 30.3 Å². The first-order chi connectivity index (χ1) is 9.19. The van der Waals surface area contributed by atoms with Gasteiger partial charge in [-0.3, -0.25) is 9.58 Å². The van der Waals surface area contributed by atoms with Crippen LogP contribution < -0.4 is 10.6 Å². The van der Waals surface area contributed by atoms with Crippen LogP contribution in [-0.4, -0.2) is 51.4 Å². The van der Waals surface area contributed by atoms with E-state index in [9.17, 15) is 4.79 Å². The average Bonchev–Trinajstić information content (AvgIpc) is 3.02. The zero-order valence-electron chi connectivity index (χ0n) is 11.6. The SMILES string of the molecule is CCN1CCCC1CNC(=O)NCc1ncn(C)n1. The van der Waals surface area contributed by atoms with Gasteiger partial charge in [-0.1, -0.05) is 6.92 Å². The number of likely N-dealkylation sites (N-methyl/N-ethyl adjacent to an activating group) is 1. The monoisotopic (exact) mass is 266 g/mol. The molecule has 0 bridgehead atoms. The zero-order chi connectivity index (χ0) is 13.7. The van der Waals surface area contributed by atoms with Gasteiger partial charge in [0.2, 0.25) is 0 Å². The molecule has 0 aliphatic carbocycles. The predicted octanol–water partition coefficient (Wildman–Crippen LogP) is 0.0986. The summed E-state index contributed by atoms with van der Waals surface area (Å²) < 4.78 is 1.62. The van der Waals surface area contributed by atoms with Crippen LogP contribution in [0.15, 0.2) is 6.33 Å². The fraction of sp³-hybridized carbons (Fsp3) is 0.750. The molecule has 2 heterocycles. The van der Waals surface area contributed by atoms with Gasteiger partial charge < -0.3 is 10.6 Å². The summed E-state index contributed by atoms with van der Waals surface area (Å²) in [5.41, 5.74) is 0. The van der Waals surface area contributed by atoms with Crippen molar-refractivity contribution in [2.24, 2.45) is 7.05 Å². The van der Waals surface area contributed by atoms with Crippen LogP contribution in [0.3, 0.4) is 0 Å². The summed E-state index contributed by atoms with van der Waals surface area (Å²) in [6.07, 6.45) is 4.00. The van der Waals surface area contributed by atoms with Crippen LogP contribution in [0.1, 0.15) is 25.6 Å². The highest BCUT2D eigenvalue weighted by Crippen LogP contribution is 2.15. The highest BCUT2D eigenvalue weighted by Gasteiger charge is 2.22. The van der Waals surface area contributed by atoms with Crippen molar-refractivity contribution >= 4 is 6.03 Å². The number of hydrogen-bond acceptors (Lipinski definition) is 4. The van der Waals surface area contributed by atoms with Crippen LogP contribution in [0.2, 0.25) is 0 Å². The summed E-state index contributed by atoms with van der Waals surface area (Å²) in [7, 11) is 1.80. The van der Waals surface area contributed by atoms with E-state index in [4.69, 9.17) is 0 Å². The molecule has 7 heteroatoms. The summed E-state index contributed by atoms with van der Waals surface area (Å²) >= 11 is 0. The molecule has 1 aromatic heterocycles. The summed E-state index contributed by atoms with van der Waals surface area (Å²) in [6, 6.07) is 0.319. The van der Waals surface area contributed by atoms with E-state index in [1.54, 1.807) is 18.1 Å². The van der Waals surface area contributed by atoms with Crippen molar-refractivity contribution in [3.05, 3.63) is 12.2 Å². The first-order valence-electron chi connectivity index (χ1n) is 6.79. The molecule has 1 aliphatic rings. The highest BCUT2D eigenvalue weighted by atomic mass is 16.2. The summed E-state index contributed by atoms with van der Waals surface area (Å²) in [4.78, 5) is 18.1. The lowest BCUT2D eigenvalue weighted by Gasteiger charge is -2.22. The fourth-order valence-corrected chi connectivity index (χ4v) is 2.44. The molecule has 1 aromatic rings. The van der Waals surface area contributed by atoms with Gasteiger partial charge in [-0.25, -0.2) is 9.78 Å². The van der Waals surface area contributed by atoms with Gasteiger partial charge in [-0.2, -0.15) is 5.10 Å². The molecule has 0 aromatic carbocycles. The molecule has 1 aliphatic heterocycles. The first kappa shape index (κ1) is 13.8. The van der Waals surface area contributed by atoms with E-state index in [1.165, 1.54) is 6.42 Å². The van der Waals surface area contributed by atoms with Gasteiger partial charge in [0.05, 0.1) is 6.54 Å². The number of rotatable bonds is 5. The highest BCUT2D eigenvalue weighted by molar-refractivity contribution is 5.73. The Hall–Kier alpha value is -1.63. The lowest BCUT2D eigenvalue weighted by molar-refractivity contribution is 0.228. The third-order valence-corrected chi connectivity index (χ3v) is 3.46. The molecule has 1 saturated heterocycles. The minimum Gasteiger partial charge on any atom is -0.337 e. The number of carbonyl (C=O) groups is 1. The molecule has 19 heavy (non-hydrogen) atoms. The second-order valence-electron chi connectivity index (χ2n) is 4.82. The first-order valence-corrected chi connectivity index (χ1v) is 6.79. The van der Waals surface area contributed by atoms with Crippen LogP contribution in [0.25, 0.3) is 0 Å². The Morgan fingerprint density at radius 2 is 2.37 bits per heavy atom. The standard InChI is InChI=1S/C12H22N6O/c1-3-18-6-4-5-10(18)7-13-12(19)14-8-11-15-9-17(2)16-11/h9-10H,3-8H2,1-2H3,(H2,13,14,19). The van der Waals surface area contributed by atoms with Crippen molar-refractivity contribution in [2.75, 3.05) is 19.6 Å². The van der Waals surface area contributed by atoms with E-state index in [1.807, 2.05) is 0 Å². The van der Waals surface area contributed by atoms with Crippen LogP contribution >= 0.6 is 0 Å². The number of aromatic nitrogens is 3. The molecule has 1 unspecified atom stereocenters. The number of aryl methyl sites for hydroxylation is 1. The third-order valence-electron chi connectivity index (χ3n) is 3.46. The lowest BCUT2D eigenvalue weighted by Crippen LogP contribution is -2.43. The number of nitrogens with one attached hydrogen (secondary N) is 2. The largest absolute Gasteiger partial charge is 0.337 e. The van der Waals surface area contributed by atoms with Crippen LogP contribution in [-0.2, 0) is 13.6 Å². The molecule has 0 radical (unpaired) electrons. The third kappa shape index (κ3) is 3.92. The van der Waals surface area contributed by atoms with Crippen molar-refractivity contribution in [1.29, 1.82) is 0 Å². The number of likely N-dealkylation sites (tertiary alicyclic amines) is 1. The maximum absolute atomic E-state index is 11.7. The molecule has 0 saturated carbocycles. The van der Waals surface area contributed by atoms with Crippen molar-refractivity contribution in [3.8, 4) is 0 Å². The van der Waals surface area contributed by atoms with E-state index >= 15 is 0 Å². The number of carbonyl (C=O) groups excluding carboxylic acids is 1. The van der Waals surface area contributed by atoms with Crippen molar-refractivity contribution < 1.29 is 4.79 Å². The van der Waals surface area contributed by atoms with Gasteiger partial charge >= 0.3 is 6.03 Å². The second-order valence-corrected chi connectivity index (χ2v) is 4.82. The molecule has 2 rings (SSSR count). The average molecular weight is 266 g/mol. The van der Waals surface area contributed by atoms with Crippen LogP contribution in [0.5, 0.6) is 0 Å². The molecular formula is C12H22N6O. The maximum Gasteiger partial charge on any atom is 0.315 e. The molecule has 1 fully saturated rings. The molecule has 2 N–H and O–H groups in total. The molecular weight excluding hydrogens is 244 g/mol. The Balaban J connectivity index is 1.67. The predicted molar refractivity (Wildman–Crippen MR) is 71.5 cm³/mol. The molecule has 7 nitrogen and oxygen atoms in total. The Labute approximate surface area is 113 Å². The van der Waals surface area contributed by atoms with Gasteiger partial charge in [0.25, 0.3) is 0 Å². The van der Waals surface area contributed by atoms with Crippen LogP contribution in [0, 0.1) is 0 Å². The van der Waals surface area contributed by atoms with E-state index in [0.717, 1.165) is 19.5 Å². The second kappa shape index (κ2) is 6.51. The van der Waals surface area contributed by atoms with E-state index in [-0.39, 0.29) is 6.03 Å². The lowest BCUT2D eigenvalue weighted by atomic mass is 10.2. The number of nitrogens with zero attached hydrogens (tertiary/aromatic N) is 4. The molecule has 0 spiro atoms. The van der Waals surface area contributed by atoms with Gasteiger partial charge in [-0.05, 0) is 25.9 Å². The smallest absolute Gasteiger partial charge is 0.315 e. The van der Waals surface area contributed by atoms with Gasteiger partial charge in [0, 0.05) is 19.6 Å². The summed E-state index contributed by atoms with van der Waals surface area (Å²) in [6.45, 7) is 5.41. The molecule has 1 atom stereocenters. The number of hydrogen-bond donors (Lipinski definition) is 2. The van der Waals surface area contributed by atoms with Gasteiger partial charge in [0.1, 0.15) is 6.33 Å². The van der Waals surface area contributed by atoms with E-state index in [0.29, 0.717) is 25.0 Å². The van der Waals surface area contributed by atoms with Gasteiger partial charge in [-0.15, -0.1) is 0 Å². The van der Waals surface area contributed by atoms with Crippen molar-refractivity contribution in [3.63, 3.8) is 0 Å². The number of urea groups is 1. The van der Waals surface area contributed by atoms with E-state index in [2.05, 4.69) is 32.5 Å². The topological polar surface area (TPSA) is 75.1 Å². The number of amides is 2. The Morgan fingerprint density at radius 1 is 1.53 bits per heavy atom. The quantitative estimate of drug-likeness (QED) is 0.792. The summed E-state index contributed by atoms with van der Waals surface area (Å²) in [5.74, 6) is 0.619. The Bertz CT molecular complexity index is 418. The Morgan fingerprint density at radius 3 is 3.05 bits per heavy atom. The fourth-order valence-electron chi connectivity index (χ4n) is 2.44. The van der Waals surface area contributed by atoms with E-state index < -0.39 is 0 Å². The van der Waals surface area contributed by atoms with Crippen molar-refractivity contribution in [2.45, 2.75) is 32.4 Å². The zero-order valence-corrected chi connectivity index (χ0v) is 11.6. The molecule has 106 valence electrons. The minimum atomic E-state index is -0.157. The van der Waals surface area contributed by atoms with Gasteiger partial charge in [0.15, 0.2) is 5.82 Å². The minimum absolute atomic E-state index is 0.157. The summed E-state index contributed by atoms with van der Waals surface area (Å²) in [5, 5.41) is 9.77.